The summed E-state index contributed by atoms with van der Waals surface area (Å²) in [7, 11) is 0. The largest absolute Gasteiger partial charge is 0.310 e. The van der Waals surface area contributed by atoms with E-state index in [-0.39, 0.29) is 11.9 Å². The standard InChI is InChI=1S/C17H20FN/c1-4-19-17(11-12(2)3)15-9-10-16(18)14-8-6-5-7-13(14)15/h5-10,17,19H,2,4,11H2,1,3H3. The molecule has 0 amide bonds. The van der Waals surface area contributed by atoms with E-state index in [1.807, 2.05) is 37.3 Å². The number of halogens is 1. The van der Waals surface area contributed by atoms with Gasteiger partial charge in [-0.2, -0.15) is 0 Å². The molecular weight excluding hydrogens is 237 g/mol. The number of benzene rings is 2. The second-order valence-electron chi connectivity index (χ2n) is 4.95. The maximum absolute atomic E-state index is 13.8. The zero-order valence-corrected chi connectivity index (χ0v) is 11.5. The molecule has 2 aromatic rings. The van der Waals surface area contributed by atoms with Crippen LogP contribution in [0, 0.1) is 5.82 Å². The van der Waals surface area contributed by atoms with Crippen molar-refractivity contribution < 1.29 is 4.39 Å². The number of hydrogen-bond donors (Lipinski definition) is 1. The fourth-order valence-electron chi connectivity index (χ4n) is 2.48. The van der Waals surface area contributed by atoms with Crippen LogP contribution in [0.1, 0.15) is 31.9 Å². The second-order valence-corrected chi connectivity index (χ2v) is 4.95. The molecule has 0 fully saturated rings. The molecule has 2 heteroatoms. The van der Waals surface area contributed by atoms with Gasteiger partial charge in [-0.3, -0.25) is 0 Å². The van der Waals surface area contributed by atoms with E-state index in [0.717, 1.165) is 29.5 Å². The topological polar surface area (TPSA) is 12.0 Å². The fourth-order valence-corrected chi connectivity index (χ4v) is 2.48. The van der Waals surface area contributed by atoms with E-state index in [4.69, 9.17) is 0 Å². The highest BCUT2D eigenvalue weighted by Crippen LogP contribution is 2.29. The van der Waals surface area contributed by atoms with Gasteiger partial charge in [0.25, 0.3) is 0 Å². The Hall–Kier alpha value is -1.67. The predicted octanol–water partition coefficient (Wildman–Crippen LogP) is 4.60. The molecule has 0 aliphatic carbocycles. The first kappa shape index (κ1) is 13.8. The van der Waals surface area contributed by atoms with Crippen LogP contribution in [0.4, 0.5) is 4.39 Å². The van der Waals surface area contributed by atoms with Gasteiger partial charge in [-0.1, -0.05) is 42.8 Å². The van der Waals surface area contributed by atoms with Crippen LogP contribution in [-0.2, 0) is 0 Å². The molecule has 2 aromatic carbocycles. The Balaban J connectivity index is 2.53. The molecule has 1 atom stereocenters. The molecule has 1 N–H and O–H groups in total. The Labute approximate surface area is 114 Å². The van der Waals surface area contributed by atoms with E-state index in [1.165, 1.54) is 0 Å². The van der Waals surface area contributed by atoms with Crippen molar-refractivity contribution >= 4 is 10.8 Å². The first-order valence-corrected chi connectivity index (χ1v) is 6.68. The minimum atomic E-state index is -0.162. The molecule has 1 unspecified atom stereocenters. The van der Waals surface area contributed by atoms with Gasteiger partial charge in [-0.05, 0) is 36.9 Å². The molecule has 0 saturated heterocycles. The Morgan fingerprint density at radius 1 is 1.21 bits per heavy atom. The van der Waals surface area contributed by atoms with Gasteiger partial charge in [0.05, 0.1) is 0 Å². The Kier molecular flexibility index (Phi) is 4.33. The molecule has 0 aliphatic heterocycles. The summed E-state index contributed by atoms with van der Waals surface area (Å²) in [6.45, 7) is 8.97. The summed E-state index contributed by atoms with van der Waals surface area (Å²) < 4.78 is 13.8. The maximum Gasteiger partial charge on any atom is 0.131 e. The summed E-state index contributed by atoms with van der Waals surface area (Å²) in [5.74, 6) is -0.162. The maximum atomic E-state index is 13.8. The third-order valence-corrected chi connectivity index (χ3v) is 3.28. The van der Waals surface area contributed by atoms with Crippen LogP contribution in [0.2, 0.25) is 0 Å². The predicted molar refractivity (Wildman–Crippen MR) is 79.8 cm³/mol. The summed E-state index contributed by atoms with van der Waals surface area (Å²) in [5, 5.41) is 5.12. The van der Waals surface area contributed by atoms with E-state index in [1.54, 1.807) is 6.07 Å². The summed E-state index contributed by atoms with van der Waals surface area (Å²) in [6.07, 6.45) is 0.865. The summed E-state index contributed by atoms with van der Waals surface area (Å²) >= 11 is 0. The third kappa shape index (κ3) is 3.02. The quantitative estimate of drug-likeness (QED) is 0.772. The third-order valence-electron chi connectivity index (χ3n) is 3.28. The molecule has 0 saturated carbocycles. The molecule has 1 nitrogen and oxygen atoms in total. The van der Waals surface area contributed by atoms with Gasteiger partial charge in [-0.25, -0.2) is 4.39 Å². The van der Waals surface area contributed by atoms with Gasteiger partial charge in [0, 0.05) is 11.4 Å². The molecule has 0 heterocycles. The van der Waals surface area contributed by atoms with E-state index >= 15 is 0 Å². The monoisotopic (exact) mass is 257 g/mol. The smallest absolute Gasteiger partial charge is 0.131 e. The fraction of sp³-hybridized carbons (Fsp3) is 0.294. The molecule has 0 radical (unpaired) electrons. The lowest BCUT2D eigenvalue weighted by atomic mass is 9.94. The van der Waals surface area contributed by atoms with Crippen molar-refractivity contribution in [3.05, 3.63) is 59.9 Å². The van der Waals surface area contributed by atoms with Crippen molar-refractivity contribution in [3.8, 4) is 0 Å². The highest BCUT2D eigenvalue weighted by atomic mass is 19.1. The van der Waals surface area contributed by atoms with Gasteiger partial charge in [-0.15, -0.1) is 6.58 Å². The van der Waals surface area contributed by atoms with Crippen molar-refractivity contribution in [1.29, 1.82) is 0 Å². The lowest BCUT2D eigenvalue weighted by molar-refractivity contribution is 0.550. The van der Waals surface area contributed by atoms with Crippen LogP contribution < -0.4 is 5.32 Å². The second kappa shape index (κ2) is 5.98. The Morgan fingerprint density at radius 3 is 2.53 bits per heavy atom. The molecule has 0 aliphatic rings. The van der Waals surface area contributed by atoms with Crippen LogP contribution in [0.3, 0.4) is 0 Å². The number of rotatable bonds is 5. The van der Waals surface area contributed by atoms with Crippen molar-refractivity contribution in [2.45, 2.75) is 26.3 Å². The molecular formula is C17H20FN. The first-order valence-electron chi connectivity index (χ1n) is 6.68. The highest BCUT2D eigenvalue weighted by molar-refractivity contribution is 5.86. The number of fused-ring (bicyclic) bond motifs is 1. The van der Waals surface area contributed by atoms with E-state index in [9.17, 15) is 4.39 Å². The van der Waals surface area contributed by atoms with Gasteiger partial charge in [0.1, 0.15) is 5.82 Å². The van der Waals surface area contributed by atoms with Gasteiger partial charge >= 0.3 is 0 Å². The summed E-state index contributed by atoms with van der Waals surface area (Å²) in [6, 6.07) is 11.3. The van der Waals surface area contributed by atoms with Crippen LogP contribution in [0.15, 0.2) is 48.6 Å². The lowest BCUT2D eigenvalue weighted by Crippen LogP contribution is -2.21. The molecule has 0 spiro atoms. The van der Waals surface area contributed by atoms with Crippen molar-refractivity contribution in [1.82, 2.24) is 5.32 Å². The van der Waals surface area contributed by atoms with Gasteiger partial charge in [0.2, 0.25) is 0 Å². The van der Waals surface area contributed by atoms with E-state index < -0.39 is 0 Å². The van der Waals surface area contributed by atoms with Crippen molar-refractivity contribution in [2.24, 2.45) is 0 Å². The minimum absolute atomic E-state index is 0.162. The Morgan fingerprint density at radius 2 is 1.89 bits per heavy atom. The highest BCUT2D eigenvalue weighted by Gasteiger charge is 2.14. The molecule has 100 valence electrons. The number of hydrogen-bond acceptors (Lipinski definition) is 1. The van der Waals surface area contributed by atoms with Crippen molar-refractivity contribution in [3.63, 3.8) is 0 Å². The lowest BCUT2D eigenvalue weighted by Gasteiger charge is -2.20. The molecule has 0 bridgehead atoms. The van der Waals surface area contributed by atoms with Crippen LogP contribution in [0.5, 0.6) is 0 Å². The molecule has 19 heavy (non-hydrogen) atoms. The van der Waals surface area contributed by atoms with Gasteiger partial charge in [0.15, 0.2) is 0 Å². The van der Waals surface area contributed by atoms with Crippen LogP contribution in [-0.4, -0.2) is 6.54 Å². The summed E-state index contributed by atoms with van der Waals surface area (Å²) in [5.41, 5.74) is 2.27. The molecule has 0 aromatic heterocycles. The zero-order valence-electron chi connectivity index (χ0n) is 11.5. The average molecular weight is 257 g/mol. The average Bonchev–Trinajstić information content (AvgIpc) is 2.39. The van der Waals surface area contributed by atoms with Crippen LogP contribution >= 0.6 is 0 Å². The zero-order chi connectivity index (χ0) is 13.8. The Bertz CT molecular complexity index is 589. The SMILES string of the molecule is C=C(C)CC(NCC)c1ccc(F)c2ccccc12. The molecule has 2 rings (SSSR count). The minimum Gasteiger partial charge on any atom is -0.310 e. The summed E-state index contributed by atoms with van der Waals surface area (Å²) in [4.78, 5) is 0. The van der Waals surface area contributed by atoms with Gasteiger partial charge < -0.3 is 5.32 Å². The normalized spacial score (nSPS) is 12.6. The van der Waals surface area contributed by atoms with Crippen molar-refractivity contribution in [2.75, 3.05) is 6.54 Å². The van der Waals surface area contributed by atoms with Crippen LogP contribution in [0.25, 0.3) is 10.8 Å². The first-order chi connectivity index (χ1) is 9.13. The van der Waals surface area contributed by atoms with E-state index in [0.29, 0.717) is 5.39 Å². The number of nitrogens with one attached hydrogen (secondary N) is 1. The van der Waals surface area contributed by atoms with E-state index in [2.05, 4.69) is 18.8 Å².